The van der Waals surface area contributed by atoms with Crippen molar-refractivity contribution >= 4 is 17.0 Å². The fourth-order valence-electron chi connectivity index (χ4n) is 3.13. The number of fused-ring (bicyclic) bond motifs is 1. The van der Waals surface area contributed by atoms with E-state index in [-0.39, 0.29) is 0 Å². The van der Waals surface area contributed by atoms with Gasteiger partial charge in [0.1, 0.15) is 6.33 Å². The summed E-state index contributed by atoms with van der Waals surface area (Å²) in [5.74, 6) is 1.84. The van der Waals surface area contributed by atoms with Crippen LogP contribution in [-0.2, 0) is 0 Å². The summed E-state index contributed by atoms with van der Waals surface area (Å²) in [6, 6.07) is 0.378. The van der Waals surface area contributed by atoms with Crippen LogP contribution < -0.4 is 5.73 Å². The smallest absolute Gasteiger partial charge is 0.184 e. The lowest BCUT2D eigenvalue weighted by Crippen LogP contribution is -2.23. The zero-order chi connectivity index (χ0) is 12.7. The van der Waals surface area contributed by atoms with Gasteiger partial charge in [-0.3, -0.25) is 0 Å². The van der Waals surface area contributed by atoms with Gasteiger partial charge in [-0.2, -0.15) is 0 Å². The Morgan fingerprint density at radius 2 is 1.89 bits per heavy atom. The first-order valence-electron chi connectivity index (χ1n) is 6.46. The Morgan fingerprint density at radius 1 is 1.17 bits per heavy atom. The van der Waals surface area contributed by atoms with Crippen molar-refractivity contribution in [2.45, 2.75) is 39.2 Å². The van der Waals surface area contributed by atoms with E-state index < -0.39 is 0 Å². The first kappa shape index (κ1) is 11.4. The molecule has 0 amide bonds. The summed E-state index contributed by atoms with van der Waals surface area (Å²) in [6.07, 6.45) is 5.03. The molecule has 0 bridgehead atoms. The lowest BCUT2D eigenvalue weighted by molar-refractivity contribution is 0.211. The van der Waals surface area contributed by atoms with E-state index in [0.717, 1.165) is 30.3 Å². The number of rotatable bonds is 1. The lowest BCUT2D eigenvalue weighted by atomic mass is 9.80. The third-order valence-electron chi connectivity index (χ3n) is 3.79. The Bertz CT molecular complexity index is 553. The number of nitrogen functional groups attached to an aromatic ring is 1. The maximum Gasteiger partial charge on any atom is 0.184 e. The second-order valence-corrected chi connectivity index (χ2v) is 5.54. The minimum absolute atomic E-state index is 0.378. The van der Waals surface area contributed by atoms with E-state index in [2.05, 4.69) is 34.1 Å². The molecule has 0 saturated heterocycles. The molecule has 2 aromatic heterocycles. The predicted molar refractivity (Wildman–Crippen MR) is 68.7 cm³/mol. The fraction of sp³-hybridized carbons (Fsp3) is 0.667. The Morgan fingerprint density at radius 3 is 2.61 bits per heavy atom. The van der Waals surface area contributed by atoms with Gasteiger partial charge < -0.3 is 5.73 Å². The van der Waals surface area contributed by atoms with Crippen LogP contribution in [0.15, 0.2) is 6.33 Å². The van der Waals surface area contributed by atoms with Crippen LogP contribution in [-0.4, -0.2) is 25.0 Å². The molecule has 6 heteroatoms. The van der Waals surface area contributed by atoms with Gasteiger partial charge in [0, 0.05) is 0 Å². The number of hydrogen-bond donors (Lipinski definition) is 1. The van der Waals surface area contributed by atoms with E-state index in [1.807, 2.05) is 4.68 Å². The molecular weight excluding hydrogens is 228 g/mol. The van der Waals surface area contributed by atoms with Gasteiger partial charge in [0.25, 0.3) is 0 Å². The topological polar surface area (TPSA) is 82.5 Å². The third kappa shape index (κ3) is 1.81. The van der Waals surface area contributed by atoms with E-state index in [1.165, 1.54) is 12.7 Å². The van der Waals surface area contributed by atoms with Crippen LogP contribution in [0.2, 0.25) is 0 Å². The average molecular weight is 246 g/mol. The zero-order valence-electron chi connectivity index (χ0n) is 10.7. The normalized spacial score (nSPS) is 28.7. The molecule has 3 atom stereocenters. The largest absolute Gasteiger partial charge is 0.382 e. The Kier molecular flexibility index (Phi) is 2.65. The summed E-state index contributed by atoms with van der Waals surface area (Å²) in [7, 11) is 0. The van der Waals surface area contributed by atoms with Crippen LogP contribution in [0.3, 0.4) is 0 Å². The van der Waals surface area contributed by atoms with Crippen molar-refractivity contribution in [2.24, 2.45) is 11.8 Å². The van der Waals surface area contributed by atoms with Crippen molar-refractivity contribution in [3.8, 4) is 0 Å². The van der Waals surface area contributed by atoms with Crippen molar-refractivity contribution in [3.63, 3.8) is 0 Å². The molecule has 6 nitrogen and oxygen atoms in total. The first-order chi connectivity index (χ1) is 8.65. The van der Waals surface area contributed by atoms with E-state index in [9.17, 15) is 0 Å². The van der Waals surface area contributed by atoms with Crippen molar-refractivity contribution in [2.75, 3.05) is 5.73 Å². The van der Waals surface area contributed by atoms with Gasteiger partial charge >= 0.3 is 0 Å². The van der Waals surface area contributed by atoms with Gasteiger partial charge in [-0.25, -0.2) is 14.6 Å². The second kappa shape index (κ2) is 4.19. The summed E-state index contributed by atoms with van der Waals surface area (Å²) < 4.78 is 1.93. The molecule has 1 saturated carbocycles. The Balaban J connectivity index is 2.01. The number of anilines is 1. The minimum Gasteiger partial charge on any atom is -0.382 e. The molecule has 2 heterocycles. The molecular formula is C12H18N6. The molecule has 0 aliphatic heterocycles. The van der Waals surface area contributed by atoms with Gasteiger partial charge in [-0.15, -0.1) is 5.10 Å². The van der Waals surface area contributed by atoms with Gasteiger partial charge in [-0.05, 0) is 31.1 Å². The van der Waals surface area contributed by atoms with Gasteiger partial charge in [0.05, 0.1) is 6.04 Å². The highest BCUT2D eigenvalue weighted by molar-refractivity contribution is 5.80. The van der Waals surface area contributed by atoms with Crippen molar-refractivity contribution in [1.82, 2.24) is 25.0 Å². The molecule has 0 spiro atoms. The molecule has 1 aliphatic rings. The minimum atomic E-state index is 0.378. The molecule has 1 unspecified atom stereocenters. The quantitative estimate of drug-likeness (QED) is 0.829. The molecule has 1 aliphatic carbocycles. The van der Waals surface area contributed by atoms with E-state index in [4.69, 9.17) is 5.73 Å². The van der Waals surface area contributed by atoms with Crippen LogP contribution in [0.4, 0.5) is 5.82 Å². The molecule has 0 aromatic carbocycles. The summed E-state index contributed by atoms with van der Waals surface area (Å²) in [5, 5.41) is 8.34. The van der Waals surface area contributed by atoms with E-state index >= 15 is 0 Å². The third-order valence-corrected chi connectivity index (χ3v) is 3.79. The standard InChI is InChI=1S/C12H18N6/c1-7-3-8(2)5-9(4-7)18-12-10(16-17-18)11(13)14-6-15-12/h6-9H,3-5H2,1-2H3,(H2,13,14,15)/t7-,8+,9?. The van der Waals surface area contributed by atoms with Crippen molar-refractivity contribution in [3.05, 3.63) is 6.33 Å². The summed E-state index contributed by atoms with van der Waals surface area (Å²) >= 11 is 0. The summed E-state index contributed by atoms with van der Waals surface area (Å²) in [4.78, 5) is 8.22. The molecule has 0 radical (unpaired) electrons. The molecule has 1 fully saturated rings. The van der Waals surface area contributed by atoms with Crippen LogP contribution in [0.1, 0.15) is 39.2 Å². The number of hydrogen-bond acceptors (Lipinski definition) is 5. The number of aromatic nitrogens is 5. The fourth-order valence-corrected chi connectivity index (χ4v) is 3.13. The van der Waals surface area contributed by atoms with Crippen LogP contribution >= 0.6 is 0 Å². The molecule has 2 aromatic rings. The summed E-state index contributed by atoms with van der Waals surface area (Å²) in [5.41, 5.74) is 7.16. The lowest BCUT2D eigenvalue weighted by Gasteiger charge is -2.31. The second-order valence-electron chi connectivity index (χ2n) is 5.54. The van der Waals surface area contributed by atoms with Gasteiger partial charge in [-0.1, -0.05) is 19.1 Å². The maximum absolute atomic E-state index is 5.79. The first-order valence-corrected chi connectivity index (χ1v) is 6.46. The highest BCUT2D eigenvalue weighted by atomic mass is 15.5. The SMILES string of the molecule is C[C@@H]1CC(n2nnc3c(N)ncnc32)C[C@H](C)C1. The van der Waals surface area contributed by atoms with E-state index in [0.29, 0.717) is 17.4 Å². The van der Waals surface area contributed by atoms with Crippen LogP contribution in [0.5, 0.6) is 0 Å². The predicted octanol–water partition coefficient (Wildman–Crippen LogP) is 1.80. The monoisotopic (exact) mass is 246 g/mol. The zero-order valence-corrected chi connectivity index (χ0v) is 10.7. The van der Waals surface area contributed by atoms with Crippen molar-refractivity contribution in [1.29, 1.82) is 0 Å². The van der Waals surface area contributed by atoms with Crippen molar-refractivity contribution < 1.29 is 0 Å². The highest BCUT2D eigenvalue weighted by Gasteiger charge is 2.27. The number of nitrogens with two attached hydrogens (primary N) is 1. The molecule has 2 N–H and O–H groups in total. The van der Waals surface area contributed by atoms with E-state index in [1.54, 1.807) is 0 Å². The average Bonchev–Trinajstić information content (AvgIpc) is 2.73. The van der Waals surface area contributed by atoms with Gasteiger partial charge in [0.15, 0.2) is 17.0 Å². The maximum atomic E-state index is 5.79. The number of nitrogens with zero attached hydrogens (tertiary/aromatic N) is 5. The van der Waals surface area contributed by atoms with Crippen LogP contribution in [0.25, 0.3) is 11.2 Å². The molecule has 3 rings (SSSR count). The Labute approximate surface area is 106 Å². The molecule has 96 valence electrons. The Hall–Kier alpha value is -1.72. The van der Waals surface area contributed by atoms with Crippen LogP contribution in [0, 0.1) is 11.8 Å². The summed E-state index contributed by atoms with van der Waals surface area (Å²) in [6.45, 7) is 4.59. The molecule has 18 heavy (non-hydrogen) atoms. The highest BCUT2D eigenvalue weighted by Crippen LogP contribution is 2.36. The van der Waals surface area contributed by atoms with Gasteiger partial charge in [0.2, 0.25) is 0 Å².